The average Bonchev–Trinajstić information content (AvgIpc) is 2.56. The first-order chi connectivity index (χ1) is 10.2. The minimum absolute atomic E-state index is 0.0601. The lowest BCUT2D eigenvalue weighted by Crippen LogP contribution is -2.54. The fourth-order valence-electron chi connectivity index (χ4n) is 2.45. The van der Waals surface area contributed by atoms with Crippen molar-refractivity contribution in [2.75, 3.05) is 39.3 Å². The summed E-state index contributed by atoms with van der Waals surface area (Å²) < 4.78 is 0. The highest BCUT2D eigenvalue weighted by Crippen LogP contribution is 2.09. The van der Waals surface area contributed by atoms with Crippen LogP contribution >= 0.6 is 0 Å². The summed E-state index contributed by atoms with van der Waals surface area (Å²) in [6, 6.07) is 5.37. The van der Waals surface area contributed by atoms with E-state index in [1.54, 1.807) is 34.2 Å². The molecule has 0 saturated carbocycles. The van der Waals surface area contributed by atoms with Gasteiger partial charge in [0.1, 0.15) is 5.69 Å². The number of aromatic nitrogens is 1. The second-order valence-electron chi connectivity index (χ2n) is 4.95. The van der Waals surface area contributed by atoms with Gasteiger partial charge in [-0.15, -0.1) is 0 Å². The molecule has 0 unspecified atom stereocenters. The van der Waals surface area contributed by atoms with E-state index >= 15 is 0 Å². The zero-order chi connectivity index (χ0) is 15.2. The van der Waals surface area contributed by atoms with Crippen molar-refractivity contribution >= 4 is 11.9 Å². The monoisotopic (exact) mass is 290 g/mol. The number of nitrogens with zero attached hydrogens (tertiary/aromatic N) is 4. The SMILES string of the molecule is CCN(CC)C(=O)N1CCN(C(=O)c2ccccn2)CC1. The van der Waals surface area contributed by atoms with Gasteiger partial charge in [-0.2, -0.15) is 0 Å². The molecular weight excluding hydrogens is 268 g/mol. The maximum absolute atomic E-state index is 12.3. The minimum atomic E-state index is -0.0643. The Morgan fingerprint density at radius 3 is 2.24 bits per heavy atom. The maximum atomic E-state index is 12.3. The molecule has 6 heteroatoms. The van der Waals surface area contributed by atoms with Crippen molar-refractivity contribution in [1.82, 2.24) is 19.7 Å². The van der Waals surface area contributed by atoms with Gasteiger partial charge in [0, 0.05) is 45.5 Å². The first-order valence-corrected chi connectivity index (χ1v) is 7.41. The zero-order valence-corrected chi connectivity index (χ0v) is 12.7. The van der Waals surface area contributed by atoms with E-state index in [9.17, 15) is 9.59 Å². The highest BCUT2D eigenvalue weighted by molar-refractivity contribution is 5.92. The molecule has 1 aliphatic rings. The molecule has 0 aliphatic carbocycles. The molecule has 2 heterocycles. The quantitative estimate of drug-likeness (QED) is 0.843. The second kappa shape index (κ2) is 7.06. The predicted octanol–water partition coefficient (Wildman–Crippen LogP) is 1.30. The van der Waals surface area contributed by atoms with Crippen LogP contribution < -0.4 is 0 Å². The van der Waals surface area contributed by atoms with Crippen molar-refractivity contribution in [3.63, 3.8) is 0 Å². The molecule has 1 fully saturated rings. The van der Waals surface area contributed by atoms with Gasteiger partial charge in [-0.05, 0) is 26.0 Å². The summed E-state index contributed by atoms with van der Waals surface area (Å²) in [5.41, 5.74) is 0.459. The van der Waals surface area contributed by atoms with Crippen LogP contribution in [0.5, 0.6) is 0 Å². The first kappa shape index (κ1) is 15.3. The van der Waals surface area contributed by atoms with Crippen LogP contribution in [-0.2, 0) is 0 Å². The Labute approximate surface area is 125 Å². The van der Waals surface area contributed by atoms with Crippen molar-refractivity contribution < 1.29 is 9.59 Å². The standard InChI is InChI=1S/C15H22N4O2/c1-3-17(4-2)15(21)19-11-9-18(10-12-19)14(20)13-7-5-6-8-16-13/h5-8H,3-4,9-12H2,1-2H3. The Morgan fingerprint density at radius 1 is 1.10 bits per heavy atom. The van der Waals surface area contributed by atoms with Gasteiger partial charge in [0.05, 0.1) is 0 Å². The number of amides is 3. The fourth-order valence-corrected chi connectivity index (χ4v) is 2.45. The highest BCUT2D eigenvalue weighted by Gasteiger charge is 2.26. The summed E-state index contributed by atoms with van der Waals surface area (Å²) in [7, 11) is 0. The number of pyridine rings is 1. The van der Waals surface area contributed by atoms with Crippen molar-refractivity contribution in [1.29, 1.82) is 0 Å². The predicted molar refractivity (Wildman–Crippen MR) is 80.0 cm³/mol. The number of carbonyl (C=O) groups is 2. The van der Waals surface area contributed by atoms with Gasteiger partial charge >= 0.3 is 6.03 Å². The van der Waals surface area contributed by atoms with Crippen LogP contribution in [0.2, 0.25) is 0 Å². The van der Waals surface area contributed by atoms with E-state index in [1.807, 2.05) is 18.7 Å². The summed E-state index contributed by atoms with van der Waals surface area (Å²) in [6.45, 7) is 7.64. The van der Waals surface area contributed by atoms with E-state index in [-0.39, 0.29) is 11.9 Å². The third-order valence-corrected chi connectivity index (χ3v) is 3.76. The fraction of sp³-hybridized carbons (Fsp3) is 0.533. The Balaban J connectivity index is 1.91. The van der Waals surface area contributed by atoms with E-state index in [4.69, 9.17) is 0 Å². The largest absolute Gasteiger partial charge is 0.334 e. The molecule has 0 radical (unpaired) electrons. The number of carbonyl (C=O) groups excluding carboxylic acids is 2. The Bertz CT molecular complexity index is 480. The molecule has 0 spiro atoms. The third kappa shape index (κ3) is 3.51. The van der Waals surface area contributed by atoms with Crippen LogP contribution in [0.3, 0.4) is 0 Å². The van der Waals surface area contributed by atoms with Gasteiger partial charge in [0.2, 0.25) is 0 Å². The maximum Gasteiger partial charge on any atom is 0.320 e. The Morgan fingerprint density at radius 2 is 1.71 bits per heavy atom. The summed E-state index contributed by atoms with van der Waals surface area (Å²) in [5.74, 6) is -0.0643. The van der Waals surface area contributed by atoms with Gasteiger partial charge in [-0.1, -0.05) is 6.07 Å². The van der Waals surface area contributed by atoms with Crippen molar-refractivity contribution in [2.24, 2.45) is 0 Å². The molecule has 6 nitrogen and oxygen atoms in total. The summed E-state index contributed by atoms with van der Waals surface area (Å²) in [6.07, 6.45) is 1.62. The van der Waals surface area contributed by atoms with Gasteiger partial charge in [-0.3, -0.25) is 9.78 Å². The van der Waals surface area contributed by atoms with Gasteiger partial charge in [0.25, 0.3) is 5.91 Å². The molecule has 0 bridgehead atoms. The lowest BCUT2D eigenvalue weighted by molar-refractivity contribution is 0.0636. The molecule has 21 heavy (non-hydrogen) atoms. The van der Waals surface area contributed by atoms with Crippen molar-refractivity contribution in [3.8, 4) is 0 Å². The van der Waals surface area contributed by atoms with E-state index in [2.05, 4.69) is 4.98 Å². The Hall–Kier alpha value is -2.11. The molecule has 1 saturated heterocycles. The molecule has 1 aromatic heterocycles. The number of rotatable bonds is 3. The Kier molecular flexibility index (Phi) is 5.14. The molecule has 0 N–H and O–H groups in total. The molecule has 3 amide bonds. The summed E-state index contributed by atoms with van der Waals surface area (Å²) in [4.78, 5) is 34.0. The van der Waals surface area contributed by atoms with Gasteiger partial charge < -0.3 is 14.7 Å². The zero-order valence-electron chi connectivity index (χ0n) is 12.7. The van der Waals surface area contributed by atoms with Crippen molar-refractivity contribution in [2.45, 2.75) is 13.8 Å². The van der Waals surface area contributed by atoms with Crippen LogP contribution in [-0.4, -0.2) is 70.9 Å². The molecule has 2 rings (SSSR count). The molecule has 0 aromatic carbocycles. The lowest BCUT2D eigenvalue weighted by Gasteiger charge is -2.37. The first-order valence-electron chi connectivity index (χ1n) is 7.41. The number of urea groups is 1. The average molecular weight is 290 g/mol. The normalized spacial score (nSPS) is 15.0. The minimum Gasteiger partial charge on any atom is -0.334 e. The van der Waals surface area contributed by atoms with Crippen LogP contribution in [0.25, 0.3) is 0 Å². The molecule has 1 aliphatic heterocycles. The number of piperazine rings is 1. The van der Waals surface area contributed by atoms with Crippen LogP contribution in [0, 0.1) is 0 Å². The van der Waals surface area contributed by atoms with E-state index < -0.39 is 0 Å². The van der Waals surface area contributed by atoms with Crippen LogP contribution in [0.15, 0.2) is 24.4 Å². The summed E-state index contributed by atoms with van der Waals surface area (Å²) in [5, 5.41) is 0. The molecule has 114 valence electrons. The van der Waals surface area contributed by atoms with E-state index in [1.165, 1.54) is 0 Å². The second-order valence-corrected chi connectivity index (χ2v) is 4.95. The lowest BCUT2D eigenvalue weighted by atomic mass is 10.2. The van der Waals surface area contributed by atoms with E-state index in [0.29, 0.717) is 45.0 Å². The van der Waals surface area contributed by atoms with Gasteiger partial charge in [0.15, 0.2) is 0 Å². The number of hydrogen-bond acceptors (Lipinski definition) is 3. The molecular formula is C15H22N4O2. The smallest absolute Gasteiger partial charge is 0.320 e. The number of hydrogen-bond donors (Lipinski definition) is 0. The van der Waals surface area contributed by atoms with Crippen LogP contribution in [0.1, 0.15) is 24.3 Å². The van der Waals surface area contributed by atoms with Crippen molar-refractivity contribution in [3.05, 3.63) is 30.1 Å². The topological polar surface area (TPSA) is 56.8 Å². The summed E-state index contributed by atoms with van der Waals surface area (Å²) >= 11 is 0. The van der Waals surface area contributed by atoms with Crippen LogP contribution in [0.4, 0.5) is 4.79 Å². The molecule has 1 aromatic rings. The van der Waals surface area contributed by atoms with E-state index in [0.717, 1.165) is 0 Å². The molecule has 0 atom stereocenters. The third-order valence-electron chi connectivity index (χ3n) is 3.76. The highest BCUT2D eigenvalue weighted by atomic mass is 16.2. The van der Waals surface area contributed by atoms with Gasteiger partial charge in [-0.25, -0.2) is 4.79 Å².